The van der Waals surface area contributed by atoms with Crippen molar-refractivity contribution in [2.45, 2.75) is 0 Å². The molecule has 0 aliphatic carbocycles. The van der Waals surface area contributed by atoms with Crippen LogP contribution in [0.25, 0.3) is 5.82 Å². The van der Waals surface area contributed by atoms with E-state index in [0.29, 0.717) is 0 Å². The fourth-order valence-electron chi connectivity index (χ4n) is 0.936. The van der Waals surface area contributed by atoms with Gasteiger partial charge in [0.25, 0.3) is 5.82 Å². The Labute approximate surface area is 85.2 Å². The van der Waals surface area contributed by atoms with E-state index < -0.39 is 21.5 Å². The van der Waals surface area contributed by atoms with Crippen molar-refractivity contribution < 1.29 is 9.85 Å². The van der Waals surface area contributed by atoms with E-state index in [2.05, 4.69) is 20.6 Å². The van der Waals surface area contributed by atoms with Gasteiger partial charge in [0.15, 0.2) is 0 Å². The maximum Gasteiger partial charge on any atom is 0.411 e. The van der Waals surface area contributed by atoms with Gasteiger partial charge in [0.1, 0.15) is 11.3 Å². The molecule has 0 atom stereocenters. The molecule has 0 fully saturated rings. The lowest BCUT2D eigenvalue weighted by molar-refractivity contribution is -0.389. The number of nitrogens with one attached hydrogen (secondary N) is 1. The van der Waals surface area contributed by atoms with E-state index in [9.17, 15) is 20.2 Å². The Morgan fingerprint density at radius 3 is 2.56 bits per heavy atom. The topological polar surface area (TPSA) is 159 Å². The van der Waals surface area contributed by atoms with Crippen LogP contribution < -0.4 is 0 Å². The summed E-state index contributed by atoms with van der Waals surface area (Å²) in [7, 11) is 0. The minimum atomic E-state index is -0.782. The molecule has 0 spiro atoms. The van der Waals surface area contributed by atoms with E-state index in [1.165, 1.54) is 0 Å². The van der Waals surface area contributed by atoms with Gasteiger partial charge in [-0.2, -0.15) is 4.68 Å². The van der Waals surface area contributed by atoms with Crippen LogP contribution in [0.15, 0.2) is 6.20 Å². The maximum atomic E-state index is 10.5. The Kier molecular flexibility index (Phi) is 2.01. The Morgan fingerprint density at radius 2 is 2.00 bits per heavy atom. The molecule has 0 aliphatic rings. The van der Waals surface area contributed by atoms with Gasteiger partial charge in [0, 0.05) is 5.21 Å². The van der Waals surface area contributed by atoms with Crippen molar-refractivity contribution in [2.75, 3.05) is 0 Å². The summed E-state index contributed by atoms with van der Waals surface area (Å²) in [5.74, 6) is -1.34. The van der Waals surface area contributed by atoms with Gasteiger partial charge in [-0.25, -0.2) is 0 Å². The molecule has 12 nitrogen and oxygen atoms in total. The Balaban J connectivity index is 2.46. The fourth-order valence-corrected chi connectivity index (χ4v) is 0.936. The molecule has 2 heterocycles. The van der Waals surface area contributed by atoms with E-state index >= 15 is 0 Å². The van der Waals surface area contributed by atoms with Crippen molar-refractivity contribution in [1.82, 2.24) is 30.4 Å². The second kappa shape index (κ2) is 3.34. The highest BCUT2D eigenvalue weighted by atomic mass is 16.6. The van der Waals surface area contributed by atoms with E-state index in [1.807, 2.05) is 5.10 Å². The zero-order valence-electron chi connectivity index (χ0n) is 7.34. The lowest BCUT2D eigenvalue weighted by atomic mass is 10.6. The summed E-state index contributed by atoms with van der Waals surface area (Å²) in [6.07, 6.45) is 0.894. The van der Waals surface area contributed by atoms with Crippen LogP contribution in [0.1, 0.15) is 0 Å². The normalized spacial score (nSPS) is 10.2. The van der Waals surface area contributed by atoms with Crippen LogP contribution in [0.2, 0.25) is 0 Å². The van der Waals surface area contributed by atoms with Gasteiger partial charge in [-0.05, 0) is 9.85 Å². The Bertz CT molecular complexity index is 556. The van der Waals surface area contributed by atoms with Crippen LogP contribution >= 0.6 is 0 Å². The van der Waals surface area contributed by atoms with Crippen molar-refractivity contribution in [3.05, 3.63) is 26.4 Å². The minimum absolute atomic E-state index is 0.273. The van der Waals surface area contributed by atoms with Crippen molar-refractivity contribution in [3.63, 3.8) is 0 Å². The van der Waals surface area contributed by atoms with Gasteiger partial charge in [-0.1, -0.05) is 5.10 Å². The second-order valence-corrected chi connectivity index (χ2v) is 2.52. The number of aromatic amines is 1. The number of rotatable bonds is 3. The van der Waals surface area contributed by atoms with Crippen molar-refractivity contribution in [2.24, 2.45) is 0 Å². The zero-order chi connectivity index (χ0) is 11.7. The molecule has 0 unspecified atom stereocenters. The first-order valence-electron chi connectivity index (χ1n) is 3.72. The standard InChI is InChI=1S/C4H2N8O4/c13-11(14)2-1-10(9-5-2)3-4(12(15)16)7-8-6-3/h1H,(H,6,7,8). The van der Waals surface area contributed by atoms with Gasteiger partial charge < -0.3 is 20.2 Å². The number of aromatic nitrogens is 6. The minimum Gasteiger partial charge on any atom is -0.358 e. The molecule has 0 saturated heterocycles. The molecule has 12 heteroatoms. The van der Waals surface area contributed by atoms with Crippen LogP contribution in [0.5, 0.6) is 0 Å². The molecule has 0 bridgehead atoms. The third kappa shape index (κ3) is 1.43. The molecular weight excluding hydrogens is 224 g/mol. The number of nitrogens with zero attached hydrogens (tertiary/aromatic N) is 7. The number of hydrogen-bond acceptors (Lipinski definition) is 8. The second-order valence-electron chi connectivity index (χ2n) is 2.52. The molecule has 2 aromatic rings. The first-order valence-corrected chi connectivity index (χ1v) is 3.72. The summed E-state index contributed by atoms with van der Waals surface area (Å²) in [5.41, 5.74) is 0. The van der Waals surface area contributed by atoms with E-state index in [4.69, 9.17) is 0 Å². The molecule has 0 radical (unpaired) electrons. The van der Waals surface area contributed by atoms with Crippen molar-refractivity contribution in [3.8, 4) is 5.82 Å². The molecule has 0 aliphatic heterocycles. The first kappa shape index (κ1) is 9.63. The van der Waals surface area contributed by atoms with Crippen molar-refractivity contribution in [1.29, 1.82) is 0 Å². The summed E-state index contributed by atoms with van der Waals surface area (Å²) in [4.78, 5) is 19.3. The van der Waals surface area contributed by atoms with E-state index in [1.54, 1.807) is 0 Å². The van der Waals surface area contributed by atoms with Crippen LogP contribution in [0.4, 0.5) is 11.6 Å². The smallest absolute Gasteiger partial charge is 0.358 e. The fraction of sp³-hybridized carbons (Fsp3) is 0. The third-order valence-electron chi connectivity index (χ3n) is 1.58. The van der Waals surface area contributed by atoms with Crippen LogP contribution in [0, 0.1) is 20.2 Å². The molecular formula is C4H2N8O4. The summed E-state index contributed by atoms with van der Waals surface area (Å²) in [6.45, 7) is 0. The van der Waals surface area contributed by atoms with Gasteiger partial charge in [0.2, 0.25) is 0 Å². The zero-order valence-corrected chi connectivity index (χ0v) is 7.34. The highest BCUT2D eigenvalue weighted by Crippen LogP contribution is 2.16. The van der Waals surface area contributed by atoms with Crippen LogP contribution in [-0.2, 0) is 0 Å². The molecule has 0 amide bonds. The molecule has 2 rings (SSSR count). The van der Waals surface area contributed by atoms with E-state index in [0.717, 1.165) is 10.9 Å². The molecule has 2 aromatic heterocycles. The summed E-state index contributed by atoms with van der Waals surface area (Å²) in [5, 5.41) is 35.9. The predicted molar refractivity (Wildman–Crippen MR) is 44.6 cm³/mol. The predicted octanol–water partition coefficient (Wildman–Crippen LogP) is -0.798. The third-order valence-corrected chi connectivity index (χ3v) is 1.58. The number of nitro groups is 2. The summed E-state index contributed by atoms with van der Waals surface area (Å²) in [6, 6.07) is 0. The molecule has 82 valence electrons. The number of hydrogen-bond donors (Lipinski definition) is 1. The largest absolute Gasteiger partial charge is 0.411 e. The van der Waals surface area contributed by atoms with Crippen LogP contribution in [0.3, 0.4) is 0 Å². The molecule has 16 heavy (non-hydrogen) atoms. The lowest BCUT2D eigenvalue weighted by Crippen LogP contribution is -2.00. The summed E-state index contributed by atoms with van der Waals surface area (Å²) < 4.78 is 0.791. The Morgan fingerprint density at radius 1 is 1.25 bits per heavy atom. The van der Waals surface area contributed by atoms with Crippen LogP contribution in [-0.4, -0.2) is 40.3 Å². The Hall–Kier alpha value is -2.92. The van der Waals surface area contributed by atoms with Gasteiger partial charge in [-0.3, -0.25) is 0 Å². The van der Waals surface area contributed by atoms with Crippen molar-refractivity contribution >= 4 is 11.6 Å². The maximum absolute atomic E-state index is 10.5. The number of H-pyrrole nitrogens is 1. The van der Waals surface area contributed by atoms with Gasteiger partial charge in [-0.15, -0.1) is 5.10 Å². The van der Waals surface area contributed by atoms with Gasteiger partial charge >= 0.3 is 11.6 Å². The molecule has 1 N–H and O–H groups in total. The monoisotopic (exact) mass is 226 g/mol. The quantitative estimate of drug-likeness (QED) is 0.525. The lowest BCUT2D eigenvalue weighted by Gasteiger charge is -1.91. The van der Waals surface area contributed by atoms with E-state index in [-0.39, 0.29) is 5.82 Å². The average molecular weight is 226 g/mol. The highest BCUT2D eigenvalue weighted by Gasteiger charge is 2.23. The average Bonchev–Trinajstić information content (AvgIpc) is 2.86. The molecule has 0 saturated carbocycles. The molecule has 0 aromatic carbocycles. The highest BCUT2D eigenvalue weighted by molar-refractivity contribution is 5.38. The first-order chi connectivity index (χ1) is 7.59. The van der Waals surface area contributed by atoms with Gasteiger partial charge in [0.05, 0.1) is 5.21 Å². The SMILES string of the molecule is O=[N+]([O-])c1cn(-c2nn[nH]c2[N+](=O)[O-])nn1. The summed E-state index contributed by atoms with van der Waals surface area (Å²) >= 11 is 0.